The minimum absolute atomic E-state index is 0.256. The van der Waals surface area contributed by atoms with Gasteiger partial charge in [0.2, 0.25) is 0 Å². The molecule has 0 saturated carbocycles. The largest absolute Gasteiger partial charge is 0.433 e. The number of rotatable bonds is 4. The Kier molecular flexibility index (Phi) is 3.53. The van der Waals surface area contributed by atoms with Gasteiger partial charge in [-0.1, -0.05) is 17.7 Å². The smallest absolute Gasteiger partial charge is 0.404 e. The molecule has 1 aromatic carbocycles. The van der Waals surface area contributed by atoms with Crippen molar-refractivity contribution >= 4 is 23.2 Å². The van der Waals surface area contributed by atoms with E-state index in [1.807, 2.05) is 19.1 Å². The first-order valence-corrected chi connectivity index (χ1v) is 5.67. The van der Waals surface area contributed by atoms with Gasteiger partial charge in [0, 0.05) is 10.7 Å². The zero-order valence-corrected chi connectivity index (χ0v) is 10.4. The molecule has 6 heteroatoms. The molecule has 1 aromatic heterocycles. The van der Waals surface area contributed by atoms with Crippen molar-refractivity contribution < 1.29 is 9.34 Å². The van der Waals surface area contributed by atoms with Crippen LogP contribution in [0.25, 0.3) is 0 Å². The number of anilines is 1. The van der Waals surface area contributed by atoms with Crippen LogP contribution in [0.4, 0.5) is 11.6 Å². The van der Waals surface area contributed by atoms with Gasteiger partial charge in [-0.05, 0) is 30.7 Å². The van der Waals surface area contributed by atoms with Crippen LogP contribution in [-0.2, 0) is 6.54 Å². The molecule has 94 valence electrons. The summed E-state index contributed by atoms with van der Waals surface area (Å²) in [6.45, 7) is 2.29. The molecule has 0 atom stereocenters. The number of hydrogen-bond donors (Lipinski definition) is 1. The minimum atomic E-state index is -0.563. The SMILES string of the molecule is Cc1ccc(NCc2ccc([N+](=O)[O-])o2)cc1Cl. The van der Waals surface area contributed by atoms with E-state index in [0.717, 1.165) is 11.3 Å². The van der Waals surface area contributed by atoms with Gasteiger partial charge in [0.1, 0.15) is 10.7 Å². The van der Waals surface area contributed by atoms with Gasteiger partial charge in [0.15, 0.2) is 0 Å². The Morgan fingerprint density at radius 2 is 2.17 bits per heavy atom. The highest BCUT2D eigenvalue weighted by atomic mass is 35.5. The molecule has 0 bridgehead atoms. The summed E-state index contributed by atoms with van der Waals surface area (Å²) in [6, 6.07) is 8.49. The molecule has 0 unspecified atom stereocenters. The molecule has 5 nitrogen and oxygen atoms in total. The summed E-state index contributed by atoms with van der Waals surface area (Å²) in [7, 11) is 0. The van der Waals surface area contributed by atoms with Crippen LogP contribution < -0.4 is 5.32 Å². The Morgan fingerprint density at radius 1 is 1.39 bits per heavy atom. The molecule has 2 rings (SSSR count). The molecule has 0 aliphatic rings. The predicted octanol–water partition coefficient (Wildman–Crippen LogP) is 3.76. The van der Waals surface area contributed by atoms with Crippen molar-refractivity contribution in [2.45, 2.75) is 13.5 Å². The zero-order valence-electron chi connectivity index (χ0n) is 9.64. The fraction of sp³-hybridized carbons (Fsp3) is 0.167. The molecule has 0 radical (unpaired) electrons. The number of nitrogens with one attached hydrogen (secondary N) is 1. The average molecular weight is 267 g/mol. The molecule has 0 amide bonds. The third-order valence-electron chi connectivity index (χ3n) is 2.47. The Bertz CT molecular complexity index is 580. The predicted molar refractivity (Wildman–Crippen MR) is 68.9 cm³/mol. The topological polar surface area (TPSA) is 68.3 Å². The second kappa shape index (κ2) is 5.10. The van der Waals surface area contributed by atoms with Crippen LogP contribution >= 0.6 is 11.6 Å². The molecule has 0 spiro atoms. The average Bonchev–Trinajstić information content (AvgIpc) is 2.79. The van der Waals surface area contributed by atoms with E-state index in [2.05, 4.69) is 5.32 Å². The van der Waals surface area contributed by atoms with Crippen molar-refractivity contribution in [3.05, 3.63) is 56.8 Å². The van der Waals surface area contributed by atoms with Crippen LogP contribution in [0.2, 0.25) is 5.02 Å². The number of furan rings is 1. The number of benzene rings is 1. The van der Waals surface area contributed by atoms with E-state index >= 15 is 0 Å². The zero-order chi connectivity index (χ0) is 13.1. The molecule has 0 fully saturated rings. The van der Waals surface area contributed by atoms with Crippen LogP contribution in [-0.4, -0.2) is 4.92 Å². The maximum atomic E-state index is 10.4. The normalized spacial score (nSPS) is 10.3. The van der Waals surface area contributed by atoms with Crippen molar-refractivity contribution in [2.24, 2.45) is 0 Å². The molecule has 0 aliphatic heterocycles. The molecule has 0 aliphatic carbocycles. The molecule has 2 aromatic rings. The molecule has 18 heavy (non-hydrogen) atoms. The second-order valence-corrected chi connectivity index (χ2v) is 4.22. The van der Waals surface area contributed by atoms with E-state index in [-0.39, 0.29) is 5.88 Å². The summed E-state index contributed by atoms with van der Waals surface area (Å²) in [5.41, 5.74) is 1.83. The molecule has 1 N–H and O–H groups in total. The summed E-state index contributed by atoms with van der Waals surface area (Å²) in [5, 5.41) is 14.2. The summed E-state index contributed by atoms with van der Waals surface area (Å²) in [4.78, 5) is 9.88. The molecule has 0 saturated heterocycles. The quantitative estimate of drug-likeness (QED) is 0.676. The lowest BCUT2D eigenvalue weighted by molar-refractivity contribution is -0.402. The van der Waals surface area contributed by atoms with Crippen molar-refractivity contribution in [1.82, 2.24) is 0 Å². The van der Waals surface area contributed by atoms with Gasteiger partial charge in [-0.15, -0.1) is 0 Å². The van der Waals surface area contributed by atoms with Crippen LogP contribution in [0.3, 0.4) is 0 Å². The lowest BCUT2D eigenvalue weighted by Gasteiger charge is -2.05. The van der Waals surface area contributed by atoms with E-state index in [1.165, 1.54) is 6.07 Å². The third kappa shape index (κ3) is 2.81. The lowest BCUT2D eigenvalue weighted by Crippen LogP contribution is -1.98. The van der Waals surface area contributed by atoms with E-state index in [0.29, 0.717) is 17.3 Å². The Labute approximate surface area is 109 Å². The molecular formula is C12H11ClN2O3. The monoisotopic (exact) mass is 266 g/mol. The first kappa shape index (κ1) is 12.4. The first-order chi connectivity index (χ1) is 8.56. The Hall–Kier alpha value is -2.01. The number of nitro groups is 1. The fourth-order valence-corrected chi connectivity index (χ4v) is 1.63. The fourth-order valence-electron chi connectivity index (χ4n) is 1.45. The van der Waals surface area contributed by atoms with E-state index < -0.39 is 4.92 Å². The molecule has 1 heterocycles. The second-order valence-electron chi connectivity index (χ2n) is 3.81. The van der Waals surface area contributed by atoms with Gasteiger partial charge in [-0.3, -0.25) is 10.1 Å². The van der Waals surface area contributed by atoms with Gasteiger partial charge in [-0.2, -0.15) is 0 Å². The van der Waals surface area contributed by atoms with E-state index in [9.17, 15) is 10.1 Å². The van der Waals surface area contributed by atoms with Crippen LogP contribution in [0.5, 0.6) is 0 Å². The van der Waals surface area contributed by atoms with Gasteiger partial charge >= 0.3 is 5.88 Å². The summed E-state index contributed by atoms with van der Waals surface area (Å²) in [6.07, 6.45) is 0. The van der Waals surface area contributed by atoms with Crippen LogP contribution in [0.15, 0.2) is 34.7 Å². The highest BCUT2D eigenvalue weighted by molar-refractivity contribution is 6.31. The first-order valence-electron chi connectivity index (χ1n) is 5.29. The Balaban J connectivity index is 2.02. The summed E-state index contributed by atoms with van der Waals surface area (Å²) < 4.78 is 5.03. The maximum Gasteiger partial charge on any atom is 0.433 e. The van der Waals surface area contributed by atoms with Crippen molar-refractivity contribution in [1.29, 1.82) is 0 Å². The summed E-state index contributed by atoms with van der Waals surface area (Å²) >= 11 is 5.99. The highest BCUT2D eigenvalue weighted by Gasteiger charge is 2.11. The molecular weight excluding hydrogens is 256 g/mol. The maximum absolute atomic E-state index is 10.4. The van der Waals surface area contributed by atoms with Gasteiger partial charge in [-0.25, -0.2) is 0 Å². The van der Waals surface area contributed by atoms with Crippen LogP contribution in [0.1, 0.15) is 11.3 Å². The standard InChI is InChI=1S/C12H11ClN2O3/c1-8-2-3-9(6-11(8)13)14-7-10-4-5-12(18-10)15(16)17/h2-6,14H,7H2,1H3. The number of nitrogens with zero attached hydrogens (tertiary/aromatic N) is 1. The minimum Gasteiger partial charge on any atom is -0.404 e. The Morgan fingerprint density at radius 3 is 2.78 bits per heavy atom. The van der Waals surface area contributed by atoms with Crippen molar-refractivity contribution in [3.8, 4) is 0 Å². The van der Waals surface area contributed by atoms with Gasteiger partial charge < -0.3 is 9.73 Å². The van der Waals surface area contributed by atoms with E-state index in [1.54, 1.807) is 12.1 Å². The van der Waals surface area contributed by atoms with Crippen molar-refractivity contribution in [3.63, 3.8) is 0 Å². The number of aryl methyl sites for hydroxylation is 1. The third-order valence-corrected chi connectivity index (χ3v) is 2.87. The number of halogens is 1. The van der Waals surface area contributed by atoms with Crippen molar-refractivity contribution in [2.75, 3.05) is 5.32 Å². The van der Waals surface area contributed by atoms with Gasteiger partial charge in [0.25, 0.3) is 0 Å². The van der Waals surface area contributed by atoms with E-state index in [4.69, 9.17) is 16.0 Å². The van der Waals surface area contributed by atoms with Gasteiger partial charge in [0.05, 0.1) is 12.6 Å². The highest BCUT2D eigenvalue weighted by Crippen LogP contribution is 2.21. The lowest BCUT2D eigenvalue weighted by atomic mass is 10.2. The summed E-state index contributed by atoms with van der Waals surface area (Å²) in [5.74, 6) is 0.243. The van der Waals surface area contributed by atoms with Crippen LogP contribution in [0, 0.1) is 17.0 Å². The number of hydrogen-bond acceptors (Lipinski definition) is 4.